The molecule has 0 aliphatic carbocycles. The van der Waals surface area contributed by atoms with Gasteiger partial charge in [-0.3, -0.25) is 4.90 Å². The Morgan fingerprint density at radius 1 is 1.25 bits per heavy atom. The first-order valence-corrected chi connectivity index (χ1v) is 8.25. The standard InChI is InChI=1S/C14H23N3O2S/c18-12-14(1-8-19-9-2-14)11-16-4-6-17(7-5-16)13-15-3-10-20-13/h3,10,18H,1-2,4-9,11-12H2. The van der Waals surface area contributed by atoms with Gasteiger partial charge in [-0.2, -0.15) is 0 Å². The average Bonchev–Trinajstić information content (AvgIpc) is 3.03. The summed E-state index contributed by atoms with van der Waals surface area (Å²) in [5, 5.41) is 12.9. The molecular weight excluding hydrogens is 274 g/mol. The molecule has 0 bridgehead atoms. The fourth-order valence-electron chi connectivity index (χ4n) is 3.11. The van der Waals surface area contributed by atoms with Crippen molar-refractivity contribution in [2.75, 3.05) is 57.4 Å². The van der Waals surface area contributed by atoms with Gasteiger partial charge in [0.1, 0.15) is 0 Å². The first-order valence-electron chi connectivity index (χ1n) is 7.37. The van der Waals surface area contributed by atoms with Crippen LogP contribution >= 0.6 is 11.3 Å². The lowest BCUT2D eigenvalue weighted by Gasteiger charge is -2.42. The molecule has 2 fully saturated rings. The van der Waals surface area contributed by atoms with Crippen molar-refractivity contribution in [2.24, 2.45) is 5.41 Å². The second kappa shape index (κ2) is 6.39. The van der Waals surface area contributed by atoms with Crippen molar-refractivity contribution in [1.29, 1.82) is 0 Å². The molecule has 0 unspecified atom stereocenters. The zero-order valence-corrected chi connectivity index (χ0v) is 12.6. The van der Waals surface area contributed by atoms with Crippen molar-refractivity contribution in [1.82, 2.24) is 9.88 Å². The maximum absolute atomic E-state index is 9.77. The number of hydrogen-bond donors (Lipinski definition) is 1. The Balaban J connectivity index is 1.53. The van der Waals surface area contributed by atoms with Gasteiger partial charge in [-0.25, -0.2) is 4.98 Å². The summed E-state index contributed by atoms with van der Waals surface area (Å²) in [6.07, 6.45) is 3.83. The van der Waals surface area contributed by atoms with Crippen LogP contribution in [0.15, 0.2) is 11.6 Å². The van der Waals surface area contributed by atoms with Crippen LogP contribution in [0.2, 0.25) is 0 Å². The Morgan fingerprint density at radius 3 is 2.60 bits per heavy atom. The minimum atomic E-state index is 0.0571. The number of ether oxygens (including phenoxy) is 1. The van der Waals surface area contributed by atoms with Crippen LogP contribution in [0.25, 0.3) is 0 Å². The van der Waals surface area contributed by atoms with Crippen molar-refractivity contribution >= 4 is 16.5 Å². The van der Waals surface area contributed by atoms with E-state index in [0.717, 1.165) is 63.9 Å². The number of aliphatic hydroxyl groups excluding tert-OH is 1. The third-order valence-electron chi connectivity index (χ3n) is 4.51. The topological polar surface area (TPSA) is 48.8 Å². The summed E-state index contributed by atoms with van der Waals surface area (Å²) in [5.74, 6) is 0. The zero-order valence-electron chi connectivity index (χ0n) is 11.8. The van der Waals surface area contributed by atoms with E-state index in [0.29, 0.717) is 0 Å². The van der Waals surface area contributed by atoms with E-state index in [1.54, 1.807) is 11.3 Å². The molecule has 3 rings (SSSR count). The maximum Gasteiger partial charge on any atom is 0.185 e. The van der Waals surface area contributed by atoms with Crippen LogP contribution in [0.3, 0.4) is 0 Å². The monoisotopic (exact) mass is 297 g/mol. The maximum atomic E-state index is 9.77. The van der Waals surface area contributed by atoms with Crippen LogP contribution in [0.5, 0.6) is 0 Å². The summed E-state index contributed by atoms with van der Waals surface area (Å²) in [7, 11) is 0. The Labute approximate surface area is 124 Å². The van der Waals surface area contributed by atoms with Crippen molar-refractivity contribution in [3.63, 3.8) is 0 Å². The van der Waals surface area contributed by atoms with Gasteiger partial charge in [-0.05, 0) is 12.8 Å². The third-order valence-corrected chi connectivity index (χ3v) is 5.34. The summed E-state index contributed by atoms with van der Waals surface area (Å²) >= 11 is 1.71. The lowest BCUT2D eigenvalue weighted by Crippen LogP contribution is -2.51. The van der Waals surface area contributed by atoms with E-state index in [9.17, 15) is 5.11 Å². The molecule has 0 amide bonds. The molecule has 2 saturated heterocycles. The number of thiazole rings is 1. The molecule has 5 nitrogen and oxygen atoms in total. The van der Waals surface area contributed by atoms with Gasteiger partial charge in [0.15, 0.2) is 5.13 Å². The van der Waals surface area contributed by atoms with Crippen LogP contribution in [0.1, 0.15) is 12.8 Å². The smallest absolute Gasteiger partial charge is 0.185 e. The van der Waals surface area contributed by atoms with Crippen LogP contribution in [-0.4, -0.2) is 67.5 Å². The molecule has 2 aliphatic heterocycles. The first kappa shape index (κ1) is 14.3. The van der Waals surface area contributed by atoms with E-state index < -0.39 is 0 Å². The highest BCUT2D eigenvalue weighted by atomic mass is 32.1. The van der Waals surface area contributed by atoms with Crippen molar-refractivity contribution in [3.05, 3.63) is 11.6 Å². The van der Waals surface area contributed by atoms with Gasteiger partial charge in [0, 0.05) is 62.9 Å². The predicted octanol–water partition coefficient (Wildman–Crippen LogP) is 1.05. The zero-order chi connectivity index (χ0) is 13.8. The lowest BCUT2D eigenvalue weighted by molar-refractivity contribution is -0.0348. The third kappa shape index (κ3) is 3.14. The summed E-state index contributed by atoms with van der Waals surface area (Å²) < 4.78 is 5.44. The normalized spacial score (nSPS) is 23.9. The van der Waals surface area contributed by atoms with E-state index in [-0.39, 0.29) is 12.0 Å². The van der Waals surface area contributed by atoms with Crippen molar-refractivity contribution < 1.29 is 9.84 Å². The Hall–Kier alpha value is -0.690. The SMILES string of the molecule is OCC1(CN2CCN(c3nccs3)CC2)CCOCC1. The van der Waals surface area contributed by atoms with Gasteiger partial charge in [-0.15, -0.1) is 11.3 Å². The van der Waals surface area contributed by atoms with Gasteiger partial charge in [-0.1, -0.05) is 0 Å². The van der Waals surface area contributed by atoms with Crippen molar-refractivity contribution in [3.8, 4) is 0 Å². The van der Waals surface area contributed by atoms with Gasteiger partial charge < -0.3 is 14.7 Å². The molecule has 1 N–H and O–H groups in total. The van der Waals surface area contributed by atoms with Gasteiger partial charge >= 0.3 is 0 Å². The predicted molar refractivity (Wildman–Crippen MR) is 80.3 cm³/mol. The Kier molecular flexibility index (Phi) is 4.55. The van der Waals surface area contributed by atoms with Gasteiger partial charge in [0.25, 0.3) is 0 Å². The number of aliphatic hydroxyl groups is 1. The van der Waals surface area contributed by atoms with E-state index in [1.807, 2.05) is 11.6 Å². The number of anilines is 1. The van der Waals surface area contributed by atoms with Crippen LogP contribution < -0.4 is 4.90 Å². The number of piperazine rings is 1. The molecular formula is C14H23N3O2S. The Bertz CT molecular complexity index is 399. The number of rotatable bonds is 4. The Morgan fingerprint density at radius 2 is 2.00 bits per heavy atom. The minimum absolute atomic E-state index is 0.0571. The highest BCUT2D eigenvalue weighted by Crippen LogP contribution is 2.31. The molecule has 0 atom stereocenters. The lowest BCUT2D eigenvalue weighted by atomic mass is 9.80. The molecule has 3 heterocycles. The summed E-state index contributed by atoms with van der Waals surface area (Å²) in [5.41, 5.74) is 0.0571. The fraction of sp³-hybridized carbons (Fsp3) is 0.786. The quantitative estimate of drug-likeness (QED) is 0.900. The summed E-state index contributed by atoms with van der Waals surface area (Å²) in [6, 6.07) is 0. The van der Waals surface area contributed by atoms with Crippen LogP contribution in [0.4, 0.5) is 5.13 Å². The molecule has 0 spiro atoms. The van der Waals surface area contributed by atoms with E-state index in [4.69, 9.17) is 4.74 Å². The molecule has 1 aromatic heterocycles. The molecule has 112 valence electrons. The molecule has 2 aliphatic rings. The second-order valence-corrected chi connectivity index (χ2v) is 6.72. The highest BCUT2D eigenvalue weighted by Gasteiger charge is 2.34. The van der Waals surface area contributed by atoms with Gasteiger partial charge in [0.05, 0.1) is 6.61 Å². The van der Waals surface area contributed by atoms with Crippen LogP contribution in [0, 0.1) is 5.41 Å². The number of hydrogen-bond acceptors (Lipinski definition) is 6. The molecule has 20 heavy (non-hydrogen) atoms. The van der Waals surface area contributed by atoms with Gasteiger partial charge in [0.2, 0.25) is 0 Å². The fourth-order valence-corrected chi connectivity index (χ4v) is 3.81. The molecule has 0 radical (unpaired) electrons. The second-order valence-electron chi connectivity index (χ2n) is 5.85. The molecule has 0 aromatic carbocycles. The number of aromatic nitrogens is 1. The van der Waals surface area contributed by atoms with Crippen LogP contribution in [-0.2, 0) is 4.74 Å². The summed E-state index contributed by atoms with van der Waals surface area (Å²) in [6.45, 7) is 7.04. The molecule has 1 aromatic rings. The minimum Gasteiger partial charge on any atom is -0.396 e. The largest absolute Gasteiger partial charge is 0.396 e. The van der Waals surface area contributed by atoms with E-state index in [2.05, 4.69) is 14.8 Å². The summed E-state index contributed by atoms with van der Waals surface area (Å²) in [4.78, 5) is 9.23. The van der Waals surface area contributed by atoms with Crippen molar-refractivity contribution in [2.45, 2.75) is 12.8 Å². The van der Waals surface area contributed by atoms with E-state index in [1.165, 1.54) is 0 Å². The molecule has 6 heteroatoms. The number of nitrogens with zero attached hydrogens (tertiary/aromatic N) is 3. The van der Waals surface area contributed by atoms with E-state index >= 15 is 0 Å². The molecule has 0 saturated carbocycles. The first-order chi connectivity index (χ1) is 9.81. The highest BCUT2D eigenvalue weighted by molar-refractivity contribution is 7.13. The average molecular weight is 297 g/mol.